The summed E-state index contributed by atoms with van der Waals surface area (Å²) < 4.78 is 11.4. The number of hydrogen-bond donors (Lipinski definition) is 1. The average Bonchev–Trinajstić information content (AvgIpc) is 2.84. The Kier molecular flexibility index (Phi) is 5.67. The number of nitrogens with one attached hydrogen (secondary N) is 1. The van der Waals surface area contributed by atoms with E-state index in [1.165, 1.54) is 7.11 Å². The molecular formula is C23H29ClN2O3. The molecule has 1 aromatic heterocycles. The normalized spacial score (nSPS) is 20.9. The van der Waals surface area contributed by atoms with E-state index in [0.29, 0.717) is 5.02 Å². The Morgan fingerprint density at radius 3 is 2.45 bits per heavy atom. The van der Waals surface area contributed by atoms with Crippen molar-refractivity contribution in [1.82, 2.24) is 4.98 Å². The number of rotatable bonds is 4. The maximum absolute atomic E-state index is 12.2. The summed E-state index contributed by atoms with van der Waals surface area (Å²) in [6, 6.07) is 7.67. The molecule has 0 aliphatic carbocycles. The molecule has 2 unspecified atom stereocenters. The minimum absolute atomic E-state index is 0.00639. The van der Waals surface area contributed by atoms with Crippen LogP contribution in [0.4, 0.5) is 5.82 Å². The monoisotopic (exact) mass is 416 g/mol. The number of carbonyl (C=O) groups is 1. The minimum Gasteiger partial charge on any atom is -0.469 e. The molecule has 0 saturated heterocycles. The second-order valence-corrected chi connectivity index (χ2v) is 9.18. The second kappa shape index (κ2) is 7.62. The summed E-state index contributed by atoms with van der Waals surface area (Å²) in [5.41, 5.74) is 3.74. The molecule has 2 aromatic rings. The molecule has 5 nitrogen and oxygen atoms in total. The average molecular weight is 417 g/mol. The number of carbonyl (C=O) groups excluding carboxylic acids is 1. The van der Waals surface area contributed by atoms with Crippen molar-refractivity contribution in [2.45, 2.75) is 65.2 Å². The maximum Gasteiger partial charge on any atom is 0.310 e. The molecule has 29 heavy (non-hydrogen) atoms. The number of hydrogen-bond acceptors (Lipinski definition) is 5. The summed E-state index contributed by atoms with van der Waals surface area (Å²) in [5.74, 6) is 0.504. The van der Waals surface area contributed by atoms with E-state index in [1.807, 2.05) is 58.9 Å². The lowest BCUT2D eigenvalue weighted by molar-refractivity contribution is -0.139. The van der Waals surface area contributed by atoms with E-state index in [-0.39, 0.29) is 23.9 Å². The molecule has 0 spiro atoms. The lowest BCUT2D eigenvalue weighted by atomic mass is 9.85. The summed E-state index contributed by atoms with van der Waals surface area (Å²) in [5, 5.41) is 4.16. The van der Waals surface area contributed by atoms with Crippen LogP contribution in [-0.4, -0.2) is 29.4 Å². The molecule has 2 atom stereocenters. The molecule has 3 rings (SSSR count). The Morgan fingerprint density at radius 1 is 1.28 bits per heavy atom. The smallest absolute Gasteiger partial charge is 0.310 e. The summed E-state index contributed by atoms with van der Waals surface area (Å²) >= 11 is 6.12. The number of fused-ring (bicyclic) bond motifs is 1. The summed E-state index contributed by atoms with van der Waals surface area (Å²) in [4.78, 5) is 17.0. The predicted octanol–water partition coefficient (Wildman–Crippen LogP) is 5.49. The van der Waals surface area contributed by atoms with Gasteiger partial charge < -0.3 is 14.8 Å². The molecule has 6 heteroatoms. The third kappa shape index (κ3) is 4.26. The van der Waals surface area contributed by atoms with Gasteiger partial charge in [-0.3, -0.25) is 4.79 Å². The zero-order valence-electron chi connectivity index (χ0n) is 18.1. The van der Waals surface area contributed by atoms with Gasteiger partial charge in [-0.25, -0.2) is 4.98 Å². The van der Waals surface area contributed by atoms with Crippen LogP contribution >= 0.6 is 11.6 Å². The second-order valence-electron chi connectivity index (χ2n) is 8.74. The fraction of sp³-hybridized carbons (Fsp3) is 0.478. The van der Waals surface area contributed by atoms with E-state index < -0.39 is 5.72 Å². The number of nitrogens with zero attached hydrogens (tertiary/aromatic N) is 1. The molecule has 1 aliphatic heterocycles. The fourth-order valence-corrected chi connectivity index (χ4v) is 4.15. The van der Waals surface area contributed by atoms with Crippen LogP contribution in [0.25, 0.3) is 11.1 Å². The first-order chi connectivity index (χ1) is 13.4. The highest BCUT2D eigenvalue weighted by Gasteiger charge is 2.46. The molecular weight excluding hydrogens is 388 g/mol. The molecule has 2 heterocycles. The molecule has 0 amide bonds. The van der Waals surface area contributed by atoms with Gasteiger partial charge in [0.1, 0.15) is 11.5 Å². The highest BCUT2D eigenvalue weighted by atomic mass is 35.5. The van der Waals surface area contributed by atoms with Crippen LogP contribution in [0.2, 0.25) is 5.02 Å². The number of anilines is 1. The number of ether oxygens (including phenoxy) is 2. The predicted molar refractivity (Wildman–Crippen MR) is 116 cm³/mol. The molecule has 1 N–H and O–H groups in total. The van der Waals surface area contributed by atoms with Crippen molar-refractivity contribution in [2.75, 3.05) is 12.4 Å². The third-order valence-corrected chi connectivity index (χ3v) is 5.62. The van der Waals surface area contributed by atoms with Gasteiger partial charge in [0.15, 0.2) is 0 Å². The van der Waals surface area contributed by atoms with Crippen molar-refractivity contribution in [3.8, 4) is 11.1 Å². The number of aromatic nitrogens is 1. The maximum atomic E-state index is 12.2. The van der Waals surface area contributed by atoms with Crippen LogP contribution < -0.4 is 5.32 Å². The highest BCUT2D eigenvalue weighted by molar-refractivity contribution is 6.30. The largest absolute Gasteiger partial charge is 0.469 e. The van der Waals surface area contributed by atoms with E-state index in [9.17, 15) is 4.79 Å². The minimum atomic E-state index is -0.620. The Morgan fingerprint density at radius 2 is 1.90 bits per heavy atom. The third-order valence-electron chi connectivity index (χ3n) is 5.37. The van der Waals surface area contributed by atoms with Gasteiger partial charge >= 0.3 is 5.97 Å². The van der Waals surface area contributed by atoms with Gasteiger partial charge in [0.05, 0.1) is 19.1 Å². The molecule has 0 bridgehead atoms. The van der Waals surface area contributed by atoms with E-state index in [4.69, 9.17) is 26.1 Å². The zero-order valence-corrected chi connectivity index (χ0v) is 18.9. The number of halogens is 1. The molecule has 0 radical (unpaired) electrons. The molecule has 156 valence electrons. The Hall–Kier alpha value is -2.11. The zero-order chi connectivity index (χ0) is 21.6. The van der Waals surface area contributed by atoms with Gasteiger partial charge in [-0.2, -0.15) is 0 Å². The van der Waals surface area contributed by atoms with Gasteiger partial charge in [0.2, 0.25) is 0 Å². The van der Waals surface area contributed by atoms with Gasteiger partial charge in [-0.15, -0.1) is 0 Å². The van der Waals surface area contributed by atoms with Crippen LogP contribution in [0.1, 0.15) is 57.4 Å². The summed E-state index contributed by atoms with van der Waals surface area (Å²) in [6.45, 7) is 12.2. The highest BCUT2D eigenvalue weighted by Crippen LogP contribution is 2.49. The van der Waals surface area contributed by atoms with E-state index in [0.717, 1.165) is 33.8 Å². The van der Waals surface area contributed by atoms with Gasteiger partial charge in [0, 0.05) is 22.2 Å². The number of aryl methyl sites for hydroxylation is 1. The number of esters is 1. The van der Waals surface area contributed by atoms with Crippen LogP contribution in [0.5, 0.6) is 0 Å². The standard InChI is InChI=1S/C23H29ClN2O3/c1-13-19-20(15-8-10-16(24)11-9-15)17(12-18(27)28-7)14(2)25-21(19)26-23(13,6)29-22(3,4)5/h8-11,13H,12H2,1-7H3,(H,25,26). The van der Waals surface area contributed by atoms with Crippen molar-refractivity contribution < 1.29 is 14.3 Å². The Bertz CT molecular complexity index is 935. The van der Waals surface area contributed by atoms with Crippen LogP contribution in [0, 0.1) is 6.92 Å². The summed E-state index contributed by atoms with van der Waals surface area (Å²) in [7, 11) is 1.40. The fourth-order valence-electron chi connectivity index (χ4n) is 4.02. The summed E-state index contributed by atoms with van der Waals surface area (Å²) in [6.07, 6.45) is 0.157. The van der Waals surface area contributed by atoms with E-state index in [1.54, 1.807) is 0 Å². The van der Waals surface area contributed by atoms with E-state index >= 15 is 0 Å². The van der Waals surface area contributed by atoms with Crippen molar-refractivity contribution >= 4 is 23.4 Å². The number of benzene rings is 1. The lowest BCUT2D eigenvalue weighted by Crippen LogP contribution is -2.44. The van der Waals surface area contributed by atoms with Crippen LogP contribution in [0.3, 0.4) is 0 Å². The molecule has 0 fully saturated rings. The first-order valence-electron chi connectivity index (χ1n) is 9.79. The number of pyridine rings is 1. The van der Waals surface area contributed by atoms with E-state index in [2.05, 4.69) is 12.2 Å². The SMILES string of the molecule is COC(=O)Cc1c(C)nc2c(c1-c1ccc(Cl)cc1)C(C)C(C)(OC(C)(C)C)N2. The van der Waals surface area contributed by atoms with Crippen molar-refractivity contribution in [3.05, 3.63) is 46.1 Å². The van der Waals surface area contributed by atoms with Gasteiger partial charge in [-0.05, 0) is 63.4 Å². The van der Waals surface area contributed by atoms with Gasteiger partial charge in [-0.1, -0.05) is 30.7 Å². The first kappa shape index (κ1) is 21.6. The Balaban J connectivity index is 2.23. The van der Waals surface area contributed by atoms with Crippen LogP contribution in [0.15, 0.2) is 24.3 Å². The van der Waals surface area contributed by atoms with Crippen molar-refractivity contribution in [2.24, 2.45) is 0 Å². The van der Waals surface area contributed by atoms with Crippen molar-refractivity contribution in [3.63, 3.8) is 0 Å². The first-order valence-corrected chi connectivity index (χ1v) is 10.2. The molecule has 0 saturated carbocycles. The quantitative estimate of drug-likeness (QED) is 0.668. The topological polar surface area (TPSA) is 60.5 Å². The van der Waals surface area contributed by atoms with Gasteiger partial charge in [0.25, 0.3) is 0 Å². The van der Waals surface area contributed by atoms with Crippen LogP contribution in [-0.2, 0) is 20.7 Å². The number of methoxy groups -OCH3 is 1. The lowest BCUT2D eigenvalue weighted by Gasteiger charge is -2.37. The Labute approximate surface area is 177 Å². The van der Waals surface area contributed by atoms with Crippen molar-refractivity contribution in [1.29, 1.82) is 0 Å². The molecule has 1 aromatic carbocycles. The molecule has 1 aliphatic rings.